The normalized spacial score (nSPS) is 11.5. The van der Waals surface area contributed by atoms with E-state index < -0.39 is 6.04 Å². The smallest absolute Gasteiger partial charge is 0.164 e. The highest BCUT2D eigenvalue weighted by Gasteiger charge is 2.15. The lowest BCUT2D eigenvalue weighted by molar-refractivity contribution is 0.203. The summed E-state index contributed by atoms with van der Waals surface area (Å²) in [6.45, 7) is 4.46. The Labute approximate surface area is 152 Å². The van der Waals surface area contributed by atoms with Crippen molar-refractivity contribution in [3.05, 3.63) is 48.3 Å². The molecular weight excluding hydrogens is 330 g/mol. The Kier molecular flexibility index (Phi) is 5.70. The van der Waals surface area contributed by atoms with E-state index in [1.807, 2.05) is 28.8 Å². The van der Waals surface area contributed by atoms with E-state index in [9.17, 15) is 10.2 Å². The molecule has 3 rings (SSSR count). The summed E-state index contributed by atoms with van der Waals surface area (Å²) in [6, 6.07) is 11.7. The Morgan fingerprint density at radius 1 is 1.12 bits per heavy atom. The molecule has 26 heavy (non-hydrogen) atoms. The zero-order chi connectivity index (χ0) is 18.5. The average Bonchev–Trinajstić information content (AvgIpc) is 3.09. The number of pyridine rings is 1. The summed E-state index contributed by atoms with van der Waals surface area (Å²) in [6.07, 6.45) is 1.79. The van der Waals surface area contributed by atoms with Gasteiger partial charge in [-0.25, -0.2) is 9.97 Å². The number of aliphatic hydroxyl groups is 2. The Morgan fingerprint density at radius 2 is 1.85 bits per heavy atom. The molecule has 4 N–H and O–H groups in total. The molecule has 0 fully saturated rings. The van der Waals surface area contributed by atoms with Gasteiger partial charge < -0.3 is 25.4 Å². The van der Waals surface area contributed by atoms with E-state index >= 15 is 0 Å². The molecule has 2 aromatic heterocycles. The molecule has 0 aliphatic carbocycles. The largest absolute Gasteiger partial charge is 0.394 e. The number of fused-ring (bicyclic) bond motifs is 1. The average molecular weight is 355 g/mol. The van der Waals surface area contributed by atoms with Crippen molar-refractivity contribution in [2.24, 2.45) is 0 Å². The van der Waals surface area contributed by atoms with Gasteiger partial charge >= 0.3 is 0 Å². The molecule has 0 unspecified atom stereocenters. The second-order valence-electron chi connectivity index (χ2n) is 6.52. The standard InChI is InChI=1S/C19H25N5O2/c1-13(2)24-12-21-18-16(20-9-14-6-4-3-5-7-14)8-17(23-19(18)24)22-15(10-25)11-26/h3-8,12-13,15,25-26H,9-11H2,1-2H3,(H2,20,22,23). The number of rotatable bonds is 8. The van der Waals surface area contributed by atoms with Gasteiger partial charge in [-0.1, -0.05) is 30.3 Å². The predicted octanol–water partition coefficient (Wildman–Crippen LogP) is 2.39. The molecule has 0 saturated heterocycles. The van der Waals surface area contributed by atoms with E-state index in [2.05, 4.69) is 46.6 Å². The Bertz CT molecular complexity index is 844. The van der Waals surface area contributed by atoms with Crippen LogP contribution in [-0.2, 0) is 6.54 Å². The molecule has 3 aromatic rings. The van der Waals surface area contributed by atoms with Gasteiger partial charge in [0.25, 0.3) is 0 Å². The highest BCUT2D eigenvalue weighted by atomic mass is 16.3. The van der Waals surface area contributed by atoms with E-state index in [1.54, 1.807) is 6.33 Å². The highest BCUT2D eigenvalue weighted by Crippen LogP contribution is 2.27. The molecular formula is C19H25N5O2. The Balaban J connectivity index is 1.96. The van der Waals surface area contributed by atoms with Gasteiger partial charge in [0.15, 0.2) is 5.65 Å². The van der Waals surface area contributed by atoms with Gasteiger partial charge in [0.1, 0.15) is 11.3 Å². The molecule has 0 radical (unpaired) electrons. The van der Waals surface area contributed by atoms with Crippen molar-refractivity contribution in [2.75, 3.05) is 23.8 Å². The number of hydrogen-bond acceptors (Lipinski definition) is 6. The minimum atomic E-state index is -0.461. The van der Waals surface area contributed by atoms with Crippen molar-refractivity contribution in [3.8, 4) is 0 Å². The zero-order valence-electron chi connectivity index (χ0n) is 15.1. The lowest BCUT2D eigenvalue weighted by atomic mass is 10.2. The third-order valence-corrected chi connectivity index (χ3v) is 4.21. The third-order valence-electron chi connectivity index (χ3n) is 4.21. The molecule has 0 aliphatic rings. The Hall–Kier alpha value is -2.64. The van der Waals surface area contributed by atoms with E-state index in [0.29, 0.717) is 12.4 Å². The molecule has 1 aromatic carbocycles. The van der Waals surface area contributed by atoms with Gasteiger partial charge in [-0.15, -0.1) is 0 Å². The molecule has 0 saturated carbocycles. The second kappa shape index (κ2) is 8.16. The van der Waals surface area contributed by atoms with Gasteiger partial charge in [0, 0.05) is 18.7 Å². The van der Waals surface area contributed by atoms with Crippen LogP contribution in [0.5, 0.6) is 0 Å². The first kappa shape index (κ1) is 18.2. The van der Waals surface area contributed by atoms with Crippen LogP contribution in [0.25, 0.3) is 11.2 Å². The molecule has 7 nitrogen and oxygen atoms in total. The van der Waals surface area contributed by atoms with Crippen molar-refractivity contribution >= 4 is 22.7 Å². The molecule has 7 heteroatoms. The molecule has 138 valence electrons. The zero-order valence-corrected chi connectivity index (χ0v) is 15.1. The lowest BCUT2D eigenvalue weighted by Gasteiger charge is -2.16. The summed E-state index contributed by atoms with van der Waals surface area (Å²) in [5.41, 5.74) is 3.58. The van der Waals surface area contributed by atoms with Crippen LogP contribution in [0.4, 0.5) is 11.5 Å². The highest BCUT2D eigenvalue weighted by molar-refractivity contribution is 5.88. The fourth-order valence-electron chi connectivity index (χ4n) is 2.74. The summed E-state index contributed by atoms with van der Waals surface area (Å²) >= 11 is 0. The molecule has 0 aliphatic heterocycles. The summed E-state index contributed by atoms with van der Waals surface area (Å²) in [5, 5.41) is 25.2. The first-order valence-corrected chi connectivity index (χ1v) is 8.76. The number of aromatic nitrogens is 3. The Morgan fingerprint density at radius 3 is 2.50 bits per heavy atom. The topological polar surface area (TPSA) is 95.2 Å². The van der Waals surface area contributed by atoms with Crippen LogP contribution in [0.15, 0.2) is 42.7 Å². The van der Waals surface area contributed by atoms with E-state index in [0.717, 1.165) is 16.9 Å². The van der Waals surface area contributed by atoms with Gasteiger partial charge in [0.05, 0.1) is 31.3 Å². The van der Waals surface area contributed by atoms with Crippen LogP contribution in [0, 0.1) is 0 Å². The minimum Gasteiger partial charge on any atom is -0.394 e. The van der Waals surface area contributed by atoms with Crippen molar-refractivity contribution < 1.29 is 10.2 Å². The number of hydrogen-bond donors (Lipinski definition) is 4. The van der Waals surface area contributed by atoms with Crippen molar-refractivity contribution in [1.82, 2.24) is 14.5 Å². The van der Waals surface area contributed by atoms with Crippen LogP contribution in [0.2, 0.25) is 0 Å². The van der Waals surface area contributed by atoms with Crippen molar-refractivity contribution in [1.29, 1.82) is 0 Å². The lowest BCUT2D eigenvalue weighted by Crippen LogP contribution is -2.28. The first-order chi connectivity index (χ1) is 12.6. The summed E-state index contributed by atoms with van der Waals surface area (Å²) < 4.78 is 2.00. The number of benzene rings is 1. The van der Waals surface area contributed by atoms with Gasteiger partial charge in [-0.05, 0) is 19.4 Å². The quantitative estimate of drug-likeness (QED) is 0.496. The number of nitrogens with zero attached hydrogens (tertiary/aromatic N) is 3. The summed E-state index contributed by atoms with van der Waals surface area (Å²) in [7, 11) is 0. The summed E-state index contributed by atoms with van der Waals surface area (Å²) in [4.78, 5) is 9.16. The monoisotopic (exact) mass is 355 g/mol. The molecule has 0 bridgehead atoms. The second-order valence-corrected chi connectivity index (χ2v) is 6.52. The van der Waals surface area contributed by atoms with Gasteiger partial charge in [-0.3, -0.25) is 0 Å². The van der Waals surface area contributed by atoms with Crippen LogP contribution in [0.3, 0.4) is 0 Å². The predicted molar refractivity (Wildman–Crippen MR) is 103 cm³/mol. The van der Waals surface area contributed by atoms with E-state index in [4.69, 9.17) is 0 Å². The fraction of sp³-hybridized carbons (Fsp3) is 0.368. The number of imidazole rings is 1. The third kappa shape index (κ3) is 3.95. The first-order valence-electron chi connectivity index (χ1n) is 8.76. The van der Waals surface area contributed by atoms with Crippen LogP contribution in [-0.4, -0.2) is 44.0 Å². The van der Waals surface area contributed by atoms with Gasteiger partial charge in [-0.2, -0.15) is 0 Å². The minimum absolute atomic E-state index is 0.174. The maximum absolute atomic E-state index is 9.34. The maximum atomic E-state index is 9.34. The van der Waals surface area contributed by atoms with E-state index in [-0.39, 0.29) is 19.3 Å². The maximum Gasteiger partial charge on any atom is 0.164 e. The number of aliphatic hydroxyl groups excluding tert-OH is 2. The van der Waals surface area contributed by atoms with Gasteiger partial charge in [0.2, 0.25) is 0 Å². The van der Waals surface area contributed by atoms with Crippen LogP contribution >= 0.6 is 0 Å². The summed E-state index contributed by atoms with van der Waals surface area (Å²) in [5.74, 6) is 0.587. The molecule has 0 atom stereocenters. The van der Waals surface area contributed by atoms with E-state index in [1.165, 1.54) is 5.56 Å². The number of anilines is 2. The van der Waals surface area contributed by atoms with Crippen molar-refractivity contribution in [2.45, 2.75) is 32.5 Å². The SMILES string of the molecule is CC(C)n1cnc2c(NCc3ccccc3)cc(NC(CO)CO)nc21. The van der Waals surface area contributed by atoms with Crippen molar-refractivity contribution in [3.63, 3.8) is 0 Å². The fourth-order valence-corrected chi connectivity index (χ4v) is 2.74. The molecule has 0 spiro atoms. The van der Waals surface area contributed by atoms with Crippen LogP contribution < -0.4 is 10.6 Å². The number of nitrogens with one attached hydrogen (secondary N) is 2. The molecule has 0 amide bonds. The molecule has 2 heterocycles. The van der Waals surface area contributed by atoms with Crippen LogP contribution in [0.1, 0.15) is 25.5 Å².